The van der Waals surface area contributed by atoms with Crippen molar-refractivity contribution in [1.82, 2.24) is 0 Å². The van der Waals surface area contributed by atoms with Crippen LogP contribution in [0.15, 0.2) is 11.6 Å². The molecule has 9 N–H and O–H groups in total. The van der Waals surface area contributed by atoms with Gasteiger partial charge in [-0.05, 0) is 92.8 Å². The topological polar surface area (TPSA) is 219 Å². The summed E-state index contributed by atoms with van der Waals surface area (Å²) in [6.07, 6.45) is -7.68. The molecule has 2 heterocycles. The maximum atomic E-state index is 11.6. The summed E-state index contributed by atoms with van der Waals surface area (Å²) in [6, 6.07) is 0. The van der Waals surface area contributed by atoms with E-state index in [1.54, 1.807) is 6.92 Å². The molecule has 0 aromatic heterocycles. The van der Waals surface area contributed by atoms with E-state index >= 15 is 0 Å². The standard InChI is InChI=1S/C39H66O13/c1-17(2)7-10-25(42)18(3)29-26(50-37-35(48)33(46)31(44)27(16-40)51-37)15-24-22-9-8-20-13-21(41)14-28(39(20,6)23(22)11-12-38(24,29)5)52-36-34(47)32(45)30(43)19(4)49-36/h8,17-19,21-37,40-48H,7,9-16H2,1-6H3/t18-,19+,21-,22-,23+,24+,25+,26+,27-,28-,29?,30+,31+,32-,33+,34-,35-,36+,37-,38+,39+/m1/s1. The summed E-state index contributed by atoms with van der Waals surface area (Å²) in [5.74, 6) is 0.552. The van der Waals surface area contributed by atoms with Crippen LogP contribution >= 0.6 is 0 Å². The maximum absolute atomic E-state index is 11.6. The van der Waals surface area contributed by atoms with Gasteiger partial charge in [-0.1, -0.05) is 46.3 Å². The fourth-order valence-electron chi connectivity index (χ4n) is 11.6. The van der Waals surface area contributed by atoms with Crippen LogP contribution in [0.5, 0.6) is 0 Å². The molecule has 13 nitrogen and oxygen atoms in total. The highest BCUT2D eigenvalue weighted by molar-refractivity contribution is 5.28. The first-order valence-electron chi connectivity index (χ1n) is 19.8. The molecule has 0 radical (unpaired) electrons. The summed E-state index contributed by atoms with van der Waals surface area (Å²) in [5.41, 5.74) is 0.314. The minimum absolute atomic E-state index is 0.126. The number of aliphatic hydroxyl groups excluding tert-OH is 9. The Bertz CT molecular complexity index is 1250. The van der Waals surface area contributed by atoms with E-state index in [0.717, 1.165) is 31.3 Å². The molecule has 21 atom stereocenters. The molecular formula is C39H66O13. The average Bonchev–Trinajstić information content (AvgIpc) is 3.40. The molecule has 0 aromatic carbocycles. The number of aliphatic hydroxyl groups is 9. The Morgan fingerprint density at radius 3 is 2.13 bits per heavy atom. The number of fused-ring (bicyclic) bond motifs is 5. The zero-order valence-corrected chi connectivity index (χ0v) is 31.6. The summed E-state index contributed by atoms with van der Waals surface area (Å²) in [6.45, 7) is 11.9. The summed E-state index contributed by atoms with van der Waals surface area (Å²) >= 11 is 0. The summed E-state index contributed by atoms with van der Waals surface area (Å²) in [5, 5.41) is 96.3. The second kappa shape index (κ2) is 15.6. The van der Waals surface area contributed by atoms with Gasteiger partial charge in [0.1, 0.15) is 42.7 Å². The Kier molecular flexibility index (Phi) is 12.3. The van der Waals surface area contributed by atoms with Crippen LogP contribution in [0.3, 0.4) is 0 Å². The molecular weight excluding hydrogens is 676 g/mol. The van der Waals surface area contributed by atoms with E-state index < -0.39 is 97.8 Å². The van der Waals surface area contributed by atoms with E-state index in [4.69, 9.17) is 18.9 Å². The molecule has 6 rings (SSSR count). The van der Waals surface area contributed by atoms with Crippen molar-refractivity contribution in [2.45, 2.75) is 179 Å². The van der Waals surface area contributed by atoms with Crippen molar-refractivity contribution in [3.63, 3.8) is 0 Å². The van der Waals surface area contributed by atoms with Gasteiger partial charge in [-0.3, -0.25) is 0 Å². The molecule has 4 aliphatic carbocycles. The van der Waals surface area contributed by atoms with Crippen LogP contribution in [0, 0.1) is 46.3 Å². The van der Waals surface area contributed by atoms with Crippen molar-refractivity contribution in [3.05, 3.63) is 11.6 Å². The zero-order chi connectivity index (χ0) is 38.0. The third-order valence-electron chi connectivity index (χ3n) is 14.7. The smallest absolute Gasteiger partial charge is 0.186 e. The van der Waals surface area contributed by atoms with Gasteiger partial charge >= 0.3 is 0 Å². The third kappa shape index (κ3) is 7.07. The van der Waals surface area contributed by atoms with Crippen molar-refractivity contribution in [2.75, 3.05) is 6.61 Å². The fraction of sp³-hybridized carbons (Fsp3) is 0.949. The van der Waals surface area contributed by atoms with Gasteiger partial charge in [0, 0.05) is 11.8 Å². The number of ether oxygens (including phenoxy) is 4. The lowest BCUT2D eigenvalue weighted by Gasteiger charge is -2.60. The monoisotopic (exact) mass is 742 g/mol. The van der Waals surface area contributed by atoms with Crippen molar-refractivity contribution < 1.29 is 64.9 Å². The Morgan fingerprint density at radius 1 is 0.827 bits per heavy atom. The van der Waals surface area contributed by atoms with Gasteiger partial charge in [-0.25, -0.2) is 0 Å². The van der Waals surface area contributed by atoms with Crippen LogP contribution in [0.25, 0.3) is 0 Å². The largest absolute Gasteiger partial charge is 0.394 e. The molecule has 0 bridgehead atoms. The molecule has 0 spiro atoms. The predicted octanol–water partition coefficient (Wildman–Crippen LogP) is 0.977. The SMILES string of the molecule is CC(C)CC[C@H](O)[C@@H](C)C1[C@@H](O[C@@H]2O[C@H](CO)[C@H](O)[C@H](O)[C@H]2O)C[C@H]2[C@@H]3CC=C4C[C@@H](O)C[C@@H](O[C@@H]5O[C@@H](C)[C@H](O)[C@@H](O)[C@H]5O)[C@]4(C)[C@H]3CC[C@]12C. The first-order chi connectivity index (χ1) is 24.4. The Balaban J connectivity index is 1.31. The quantitative estimate of drug-likeness (QED) is 0.143. The van der Waals surface area contributed by atoms with E-state index in [2.05, 4.69) is 40.7 Å². The maximum Gasteiger partial charge on any atom is 0.186 e. The van der Waals surface area contributed by atoms with Crippen molar-refractivity contribution in [1.29, 1.82) is 0 Å². The van der Waals surface area contributed by atoms with Gasteiger partial charge in [0.15, 0.2) is 12.6 Å². The zero-order valence-electron chi connectivity index (χ0n) is 31.6. The Morgan fingerprint density at radius 2 is 1.48 bits per heavy atom. The van der Waals surface area contributed by atoms with Crippen LogP contribution in [0.4, 0.5) is 0 Å². The van der Waals surface area contributed by atoms with Crippen LogP contribution in [-0.4, -0.2) is 138 Å². The van der Waals surface area contributed by atoms with Gasteiger partial charge in [0.2, 0.25) is 0 Å². The van der Waals surface area contributed by atoms with Gasteiger partial charge in [0.25, 0.3) is 0 Å². The fourth-order valence-corrected chi connectivity index (χ4v) is 11.6. The molecule has 300 valence electrons. The lowest BCUT2D eigenvalue weighted by Crippen LogP contribution is -2.61. The minimum atomic E-state index is -1.56. The Hall–Kier alpha value is -0.780. The summed E-state index contributed by atoms with van der Waals surface area (Å²) in [4.78, 5) is 0. The van der Waals surface area contributed by atoms with Crippen molar-refractivity contribution in [2.24, 2.45) is 46.3 Å². The van der Waals surface area contributed by atoms with Crippen LogP contribution in [-0.2, 0) is 18.9 Å². The predicted molar refractivity (Wildman–Crippen MR) is 187 cm³/mol. The lowest BCUT2D eigenvalue weighted by atomic mass is 9.46. The normalized spacial score (nSPS) is 52.0. The molecule has 0 amide bonds. The molecule has 52 heavy (non-hydrogen) atoms. The second-order valence-electron chi connectivity index (χ2n) is 18.1. The van der Waals surface area contributed by atoms with Gasteiger partial charge < -0.3 is 64.9 Å². The van der Waals surface area contributed by atoms with Crippen LogP contribution < -0.4 is 0 Å². The number of hydrogen-bond acceptors (Lipinski definition) is 13. The van der Waals surface area contributed by atoms with E-state index in [0.29, 0.717) is 31.6 Å². The van der Waals surface area contributed by atoms with Crippen molar-refractivity contribution >= 4 is 0 Å². The number of rotatable bonds is 10. The second-order valence-corrected chi connectivity index (χ2v) is 18.1. The van der Waals surface area contributed by atoms with E-state index in [-0.39, 0.29) is 35.0 Å². The molecule has 2 saturated heterocycles. The Labute approximate surface area is 307 Å². The molecule has 13 heteroatoms. The molecule has 3 saturated carbocycles. The third-order valence-corrected chi connectivity index (χ3v) is 14.7. The summed E-state index contributed by atoms with van der Waals surface area (Å²) < 4.78 is 24.9. The molecule has 5 fully saturated rings. The molecule has 0 aromatic rings. The highest BCUT2D eigenvalue weighted by atomic mass is 16.7. The van der Waals surface area contributed by atoms with E-state index in [1.165, 1.54) is 0 Å². The number of hydrogen-bond donors (Lipinski definition) is 9. The van der Waals surface area contributed by atoms with E-state index in [9.17, 15) is 46.0 Å². The first-order valence-corrected chi connectivity index (χ1v) is 19.8. The van der Waals surface area contributed by atoms with Crippen LogP contribution in [0.1, 0.15) is 92.9 Å². The van der Waals surface area contributed by atoms with Crippen molar-refractivity contribution in [3.8, 4) is 0 Å². The highest BCUT2D eigenvalue weighted by Crippen LogP contribution is 2.68. The summed E-state index contributed by atoms with van der Waals surface area (Å²) in [7, 11) is 0. The minimum Gasteiger partial charge on any atom is -0.394 e. The molecule has 1 unspecified atom stereocenters. The average molecular weight is 743 g/mol. The first kappa shape index (κ1) is 40.9. The number of allylic oxidation sites excluding steroid dienone is 1. The highest BCUT2D eigenvalue weighted by Gasteiger charge is 2.65. The van der Waals surface area contributed by atoms with Crippen LogP contribution in [0.2, 0.25) is 0 Å². The molecule has 6 aliphatic rings. The van der Waals surface area contributed by atoms with Gasteiger partial charge in [-0.15, -0.1) is 0 Å². The lowest BCUT2D eigenvalue weighted by molar-refractivity contribution is -0.318. The van der Waals surface area contributed by atoms with Gasteiger partial charge in [-0.2, -0.15) is 0 Å². The molecule has 2 aliphatic heterocycles. The van der Waals surface area contributed by atoms with E-state index in [1.807, 2.05) is 0 Å². The van der Waals surface area contributed by atoms with Gasteiger partial charge in [0.05, 0.1) is 37.1 Å².